The summed E-state index contributed by atoms with van der Waals surface area (Å²) in [5, 5.41) is 5.03. The van der Waals surface area contributed by atoms with Crippen molar-refractivity contribution in [1.29, 1.82) is 0 Å². The number of anilines is 1. The number of alkyl carbamates (subject to hydrolysis) is 1. The highest BCUT2D eigenvalue weighted by molar-refractivity contribution is 7.13. The Bertz CT molecular complexity index is 633. The first-order chi connectivity index (χ1) is 11.7. The summed E-state index contributed by atoms with van der Waals surface area (Å²) in [5.41, 5.74) is -2.84. The van der Waals surface area contributed by atoms with Crippen molar-refractivity contribution in [1.82, 2.24) is 10.3 Å². The summed E-state index contributed by atoms with van der Waals surface area (Å²) in [6, 6.07) is 0. The van der Waals surface area contributed by atoms with Gasteiger partial charge in [0.15, 0.2) is 5.13 Å². The second kappa shape index (κ2) is 7.46. The quantitative estimate of drug-likeness (QED) is 0.558. The molecule has 2 N–H and O–H groups in total. The molecule has 0 saturated heterocycles. The van der Waals surface area contributed by atoms with Crippen molar-refractivity contribution in [3.05, 3.63) is 11.1 Å². The largest absolute Gasteiger partial charge is 0.463 e. The summed E-state index contributed by atoms with van der Waals surface area (Å²) in [6.07, 6.45) is -4.75. The lowest BCUT2D eigenvalue weighted by Crippen LogP contribution is -2.69. The topological polar surface area (TPSA) is 89.5 Å². The number of carbonyl (C=O) groups is 2. The van der Waals surface area contributed by atoms with Gasteiger partial charge in [-0.3, -0.25) is 5.32 Å². The number of ether oxygens (including phenoxy) is 2. The number of thiazole rings is 1. The Balaban J connectivity index is 2.35. The molecule has 140 valence electrons. The van der Waals surface area contributed by atoms with Crippen LogP contribution in [0.4, 0.5) is 23.1 Å². The van der Waals surface area contributed by atoms with Crippen molar-refractivity contribution in [3.63, 3.8) is 0 Å². The molecule has 1 fully saturated rings. The fourth-order valence-corrected chi connectivity index (χ4v) is 2.87. The molecule has 0 bridgehead atoms. The molecule has 1 aromatic rings. The summed E-state index contributed by atoms with van der Waals surface area (Å²) >= 11 is 0.915. The molecule has 1 aromatic heterocycles. The maximum absolute atomic E-state index is 13.8. The van der Waals surface area contributed by atoms with Crippen molar-refractivity contribution in [3.8, 4) is 0 Å². The van der Waals surface area contributed by atoms with Gasteiger partial charge in [-0.25, -0.2) is 14.6 Å². The van der Waals surface area contributed by atoms with Crippen LogP contribution in [0, 0.1) is 0 Å². The van der Waals surface area contributed by atoms with Gasteiger partial charge in [-0.1, -0.05) is 0 Å². The van der Waals surface area contributed by atoms with E-state index in [1.54, 1.807) is 10.7 Å². The fourth-order valence-electron chi connectivity index (χ4n) is 2.02. The van der Waals surface area contributed by atoms with Gasteiger partial charge in [0, 0.05) is 11.3 Å². The molecule has 0 radical (unpaired) electrons. The van der Waals surface area contributed by atoms with Gasteiger partial charge in [0.2, 0.25) is 0 Å². The van der Waals surface area contributed by atoms with Crippen molar-refractivity contribution in [2.75, 3.05) is 18.5 Å². The number of amides is 1. The predicted molar refractivity (Wildman–Crippen MR) is 83.3 cm³/mol. The Morgan fingerprint density at radius 1 is 1.28 bits per heavy atom. The molecule has 1 aliphatic rings. The maximum atomic E-state index is 13.8. The molecular weight excluding hydrogens is 363 g/mol. The minimum atomic E-state index is -5.20. The van der Waals surface area contributed by atoms with E-state index < -0.39 is 23.9 Å². The highest BCUT2D eigenvalue weighted by atomic mass is 32.1. The molecule has 1 aliphatic carbocycles. The first kappa shape index (κ1) is 19.3. The standard InChI is InChI=1S/C14H18F3N3O4S/c1-3-23-10(21)13(14(15,16)17,20-12(22)24-4-2)19-11-18-9(7-25-11)8-5-6-8/h7-8H,3-6H2,1-2H3,(H,18,19)(H,20,22)/t13-/m0/s1. The first-order valence-corrected chi connectivity index (χ1v) is 8.54. The van der Waals surface area contributed by atoms with Crippen LogP contribution in [0.15, 0.2) is 5.38 Å². The molecule has 0 aromatic carbocycles. The fraction of sp³-hybridized carbons (Fsp3) is 0.643. The van der Waals surface area contributed by atoms with Gasteiger partial charge < -0.3 is 14.8 Å². The number of rotatable bonds is 7. The van der Waals surface area contributed by atoms with Gasteiger partial charge in [-0.2, -0.15) is 13.2 Å². The summed E-state index contributed by atoms with van der Waals surface area (Å²) in [5.74, 6) is -1.47. The van der Waals surface area contributed by atoms with E-state index in [9.17, 15) is 22.8 Å². The molecule has 2 rings (SSSR count). The van der Waals surface area contributed by atoms with Gasteiger partial charge in [-0.05, 0) is 26.7 Å². The lowest BCUT2D eigenvalue weighted by molar-refractivity contribution is -0.205. The number of nitrogens with one attached hydrogen (secondary N) is 2. The minimum Gasteiger partial charge on any atom is -0.463 e. The average Bonchev–Trinajstić information content (AvgIpc) is 3.26. The van der Waals surface area contributed by atoms with Gasteiger partial charge >= 0.3 is 23.9 Å². The number of alkyl halides is 3. The number of esters is 1. The zero-order valence-corrected chi connectivity index (χ0v) is 14.4. The van der Waals surface area contributed by atoms with Crippen LogP contribution in [0.25, 0.3) is 0 Å². The SMILES string of the molecule is CCOC(=O)N[C@@](Nc1nc(C2CC2)cs1)(C(=O)OCC)C(F)(F)F. The molecule has 7 nitrogen and oxygen atoms in total. The molecular formula is C14H18F3N3O4S. The third-order valence-corrected chi connectivity index (χ3v) is 4.16. The van der Waals surface area contributed by atoms with Crippen LogP contribution in [-0.2, 0) is 14.3 Å². The van der Waals surface area contributed by atoms with E-state index >= 15 is 0 Å². The number of aromatic nitrogens is 1. The van der Waals surface area contributed by atoms with E-state index in [2.05, 4.69) is 14.5 Å². The molecule has 0 unspecified atom stereocenters. The second-order valence-electron chi connectivity index (χ2n) is 5.29. The number of carbonyl (C=O) groups excluding carboxylic acids is 2. The predicted octanol–water partition coefficient (Wildman–Crippen LogP) is 3.00. The Morgan fingerprint density at radius 2 is 1.92 bits per heavy atom. The molecule has 11 heteroatoms. The van der Waals surface area contributed by atoms with E-state index in [1.165, 1.54) is 13.8 Å². The maximum Gasteiger partial charge on any atom is 0.442 e. The van der Waals surface area contributed by atoms with Crippen molar-refractivity contribution < 1.29 is 32.2 Å². The van der Waals surface area contributed by atoms with E-state index in [0.29, 0.717) is 5.69 Å². The van der Waals surface area contributed by atoms with Crippen LogP contribution in [0.5, 0.6) is 0 Å². The lowest BCUT2D eigenvalue weighted by Gasteiger charge is -2.33. The molecule has 1 amide bonds. The average molecular weight is 381 g/mol. The van der Waals surface area contributed by atoms with Gasteiger partial charge in [0.1, 0.15) is 0 Å². The van der Waals surface area contributed by atoms with Gasteiger partial charge in [0.05, 0.1) is 18.9 Å². The van der Waals surface area contributed by atoms with Crippen molar-refractivity contribution in [2.24, 2.45) is 0 Å². The van der Waals surface area contributed by atoms with Crippen LogP contribution in [0.2, 0.25) is 0 Å². The highest BCUT2D eigenvalue weighted by Crippen LogP contribution is 2.42. The Morgan fingerprint density at radius 3 is 2.44 bits per heavy atom. The third kappa shape index (κ3) is 4.33. The van der Waals surface area contributed by atoms with Crippen LogP contribution in [0.3, 0.4) is 0 Å². The number of hydrogen-bond donors (Lipinski definition) is 2. The summed E-state index contributed by atoms with van der Waals surface area (Å²) in [6.45, 7) is 2.33. The number of hydrogen-bond acceptors (Lipinski definition) is 7. The van der Waals surface area contributed by atoms with Crippen molar-refractivity contribution >= 4 is 28.5 Å². The van der Waals surface area contributed by atoms with E-state index in [1.807, 2.05) is 5.32 Å². The Kier molecular flexibility index (Phi) is 5.76. The van der Waals surface area contributed by atoms with Crippen LogP contribution in [0.1, 0.15) is 38.3 Å². The highest BCUT2D eigenvalue weighted by Gasteiger charge is 2.64. The molecule has 1 atom stereocenters. The van der Waals surface area contributed by atoms with Gasteiger partial charge in [-0.15, -0.1) is 11.3 Å². The summed E-state index contributed by atoms with van der Waals surface area (Å²) < 4.78 is 50.3. The molecule has 0 aliphatic heterocycles. The Labute approximate surface area is 145 Å². The molecule has 0 spiro atoms. The van der Waals surface area contributed by atoms with Gasteiger partial charge in [0.25, 0.3) is 0 Å². The van der Waals surface area contributed by atoms with Crippen LogP contribution in [-0.4, -0.2) is 42.1 Å². The lowest BCUT2D eigenvalue weighted by atomic mass is 10.1. The Hall–Kier alpha value is -2.04. The number of nitrogens with zero attached hydrogens (tertiary/aromatic N) is 1. The van der Waals surface area contributed by atoms with Crippen LogP contribution >= 0.6 is 11.3 Å². The van der Waals surface area contributed by atoms with Crippen LogP contribution < -0.4 is 10.6 Å². The zero-order chi connectivity index (χ0) is 18.7. The normalized spacial score (nSPS) is 16.7. The second-order valence-corrected chi connectivity index (χ2v) is 6.15. The zero-order valence-electron chi connectivity index (χ0n) is 13.6. The monoisotopic (exact) mass is 381 g/mol. The number of halogens is 3. The van der Waals surface area contributed by atoms with E-state index in [0.717, 1.165) is 24.2 Å². The summed E-state index contributed by atoms with van der Waals surface area (Å²) in [4.78, 5) is 27.8. The third-order valence-electron chi connectivity index (χ3n) is 3.38. The van der Waals surface area contributed by atoms with Crippen molar-refractivity contribution in [2.45, 2.75) is 44.4 Å². The summed E-state index contributed by atoms with van der Waals surface area (Å²) in [7, 11) is 0. The molecule has 25 heavy (non-hydrogen) atoms. The van der Waals surface area contributed by atoms with E-state index in [-0.39, 0.29) is 24.3 Å². The minimum absolute atomic E-state index is 0.149. The molecule has 1 heterocycles. The first-order valence-electron chi connectivity index (χ1n) is 7.66. The smallest absolute Gasteiger partial charge is 0.442 e. The van der Waals surface area contributed by atoms with E-state index in [4.69, 9.17) is 0 Å². The molecule has 1 saturated carbocycles.